The Hall–Kier alpha value is -1.35. The van der Waals surface area contributed by atoms with Crippen molar-refractivity contribution in [3.8, 4) is 0 Å². The van der Waals surface area contributed by atoms with E-state index in [0.717, 1.165) is 24.3 Å². The second-order valence-electron chi connectivity index (χ2n) is 5.97. The molecule has 0 spiro atoms. The summed E-state index contributed by atoms with van der Waals surface area (Å²) in [6.07, 6.45) is 2.14. The number of nitrogens with zero attached hydrogens (tertiary/aromatic N) is 2. The molecule has 0 fully saturated rings. The summed E-state index contributed by atoms with van der Waals surface area (Å²) in [4.78, 5) is 4.78. The largest absolute Gasteiger partial charge is 0.331 e. The number of para-hydroxylation sites is 1. The molecule has 3 nitrogen and oxygen atoms in total. The number of aromatic nitrogens is 2. The standard InChI is InChI=1S/C16H25N3/c1-11(2)8-13(10-17)9-15-18-14-7-5-6-12(3)16(14)19(15)4/h5-7,11,13H,8-10,17H2,1-4H3. The Balaban J connectivity index is 2.30. The molecule has 0 saturated carbocycles. The van der Waals surface area contributed by atoms with Gasteiger partial charge in [0.2, 0.25) is 0 Å². The summed E-state index contributed by atoms with van der Waals surface area (Å²) >= 11 is 0. The molecule has 1 aromatic heterocycles. The molecule has 0 bridgehead atoms. The topological polar surface area (TPSA) is 43.8 Å². The molecule has 0 radical (unpaired) electrons. The Labute approximate surface area is 115 Å². The van der Waals surface area contributed by atoms with Crippen LogP contribution in [-0.2, 0) is 13.5 Å². The number of benzene rings is 1. The molecule has 19 heavy (non-hydrogen) atoms. The van der Waals surface area contributed by atoms with Gasteiger partial charge in [-0.3, -0.25) is 0 Å². The van der Waals surface area contributed by atoms with Crippen LogP contribution in [0, 0.1) is 18.8 Å². The molecule has 0 aliphatic heterocycles. The van der Waals surface area contributed by atoms with Gasteiger partial charge in [0.25, 0.3) is 0 Å². The summed E-state index contributed by atoms with van der Waals surface area (Å²) in [5.41, 5.74) is 9.53. The molecule has 0 aliphatic carbocycles. The van der Waals surface area contributed by atoms with Gasteiger partial charge in [-0.25, -0.2) is 4.98 Å². The van der Waals surface area contributed by atoms with Crippen LogP contribution in [0.15, 0.2) is 18.2 Å². The van der Waals surface area contributed by atoms with Crippen molar-refractivity contribution in [3.63, 3.8) is 0 Å². The van der Waals surface area contributed by atoms with E-state index in [1.165, 1.54) is 17.5 Å². The van der Waals surface area contributed by atoms with Crippen molar-refractivity contribution < 1.29 is 0 Å². The Morgan fingerprint density at radius 2 is 2.05 bits per heavy atom. The van der Waals surface area contributed by atoms with Gasteiger partial charge < -0.3 is 10.3 Å². The predicted molar refractivity (Wildman–Crippen MR) is 81.2 cm³/mol. The van der Waals surface area contributed by atoms with Crippen molar-refractivity contribution >= 4 is 11.0 Å². The third-order valence-corrected chi connectivity index (χ3v) is 3.80. The third-order valence-electron chi connectivity index (χ3n) is 3.80. The molecule has 3 heteroatoms. The lowest BCUT2D eigenvalue weighted by Gasteiger charge is -2.16. The molecule has 1 aromatic carbocycles. The first-order chi connectivity index (χ1) is 9.02. The van der Waals surface area contributed by atoms with E-state index in [4.69, 9.17) is 10.7 Å². The minimum Gasteiger partial charge on any atom is -0.331 e. The number of imidazole rings is 1. The quantitative estimate of drug-likeness (QED) is 0.897. The first-order valence-corrected chi connectivity index (χ1v) is 7.14. The molecule has 1 atom stereocenters. The molecule has 2 aromatic rings. The zero-order valence-corrected chi connectivity index (χ0v) is 12.5. The molecule has 2 rings (SSSR count). The van der Waals surface area contributed by atoms with E-state index < -0.39 is 0 Å². The van der Waals surface area contributed by atoms with Gasteiger partial charge in [0, 0.05) is 13.5 Å². The lowest BCUT2D eigenvalue weighted by molar-refractivity contribution is 0.406. The SMILES string of the molecule is Cc1cccc2nc(CC(CN)CC(C)C)n(C)c12. The molecular formula is C16H25N3. The van der Waals surface area contributed by atoms with E-state index in [-0.39, 0.29) is 0 Å². The van der Waals surface area contributed by atoms with Crippen LogP contribution in [0.1, 0.15) is 31.7 Å². The van der Waals surface area contributed by atoms with Crippen molar-refractivity contribution in [1.82, 2.24) is 9.55 Å². The van der Waals surface area contributed by atoms with Gasteiger partial charge in [-0.2, -0.15) is 0 Å². The Morgan fingerprint density at radius 3 is 2.63 bits per heavy atom. The van der Waals surface area contributed by atoms with Crippen LogP contribution >= 0.6 is 0 Å². The first kappa shape index (κ1) is 14.1. The van der Waals surface area contributed by atoms with Crippen LogP contribution in [0.3, 0.4) is 0 Å². The van der Waals surface area contributed by atoms with E-state index >= 15 is 0 Å². The lowest BCUT2D eigenvalue weighted by atomic mass is 9.94. The van der Waals surface area contributed by atoms with Crippen LogP contribution in [-0.4, -0.2) is 16.1 Å². The lowest BCUT2D eigenvalue weighted by Crippen LogP contribution is -2.20. The van der Waals surface area contributed by atoms with Crippen molar-refractivity contribution in [1.29, 1.82) is 0 Å². The molecule has 2 N–H and O–H groups in total. The van der Waals surface area contributed by atoms with Gasteiger partial charge in [-0.1, -0.05) is 26.0 Å². The zero-order chi connectivity index (χ0) is 14.0. The van der Waals surface area contributed by atoms with E-state index in [1.807, 2.05) is 0 Å². The van der Waals surface area contributed by atoms with Crippen molar-refractivity contribution in [2.45, 2.75) is 33.6 Å². The summed E-state index contributed by atoms with van der Waals surface area (Å²) < 4.78 is 2.23. The highest BCUT2D eigenvalue weighted by molar-refractivity contribution is 5.79. The minimum absolute atomic E-state index is 0.524. The number of aryl methyl sites for hydroxylation is 2. The maximum atomic E-state index is 5.91. The van der Waals surface area contributed by atoms with E-state index in [1.54, 1.807) is 0 Å². The monoisotopic (exact) mass is 259 g/mol. The van der Waals surface area contributed by atoms with Gasteiger partial charge >= 0.3 is 0 Å². The smallest absolute Gasteiger partial charge is 0.109 e. The molecular weight excluding hydrogens is 234 g/mol. The summed E-state index contributed by atoms with van der Waals surface area (Å²) in [5.74, 6) is 2.36. The van der Waals surface area contributed by atoms with Gasteiger partial charge in [-0.15, -0.1) is 0 Å². The number of hydrogen-bond donors (Lipinski definition) is 1. The average Bonchev–Trinajstić information content (AvgIpc) is 2.66. The van der Waals surface area contributed by atoms with Crippen LogP contribution in [0.4, 0.5) is 0 Å². The minimum atomic E-state index is 0.524. The maximum absolute atomic E-state index is 5.91. The Kier molecular flexibility index (Phi) is 4.25. The second-order valence-corrected chi connectivity index (χ2v) is 5.97. The van der Waals surface area contributed by atoms with Crippen molar-refractivity contribution in [2.75, 3.05) is 6.54 Å². The molecule has 0 saturated heterocycles. The predicted octanol–water partition coefficient (Wildman–Crippen LogP) is 3.05. The molecule has 1 heterocycles. The highest BCUT2D eigenvalue weighted by Gasteiger charge is 2.15. The van der Waals surface area contributed by atoms with Crippen LogP contribution in [0.25, 0.3) is 11.0 Å². The van der Waals surface area contributed by atoms with Crippen LogP contribution < -0.4 is 5.73 Å². The molecule has 0 aliphatic rings. The summed E-state index contributed by atoms with van der Waals surface area (Å²) in [6, 6.07) is 6.30. The highest BCUT2D eigenvalue weighted by Crippen LogP contribution is 2.22. The van der Waals surface area contributed by atoms with Crippen LogP contribution in [0.2, 0.25) is 0 Å². The van der Waals surface area contributed by atoms with Crippen molar-refractivity contribution in [2.24, 2.45) is 24.6 Å². The van der Waals surface area contributed by atoms with E-state index in [0.29, 0.717) is 11.8 Å². The number of fused-ring (bicyclic) bond motifs is 1. The third kappa shape index (κ3) is 2.98. The van der Waals surface area contributed by atoms with Gasteiger partial charge in [0.05, 0.1) is 11.0 Å². The first-order valence-electron chi connectivity index (χ1n) is 7.14. The number of nitrogens with two attached hydrogens (primary N) is 1. The number of hydrogen-bond acceptors (Lipinski definition) is 2. The highest BCUT2D eigenvalue weighted by atomic mass is 15.1. The average molecular weight is 259 g/mol. The van der Waals surface area contributed by atoms with Crippen LogP contribution in [0.5, 0.6) is 0 Å². The van der Waals surface area contributed by atoms with E-state index in [2.05, 4.69) is 50.6 Å². The fraction of sp³-hybridized carbons (Fsp3) is 0.562. The molecule has 1 unspecified atom stereocenters. The number of rotatable bonds is 5. The second kappa shape index (κ2) is 5.74. The fourth-order valence-corrected chi connectivity index (χ4v) is 2.88. The Morgan fingerprint density at radius 1 is 1.32 bits per heavy atom. The van der Waals surface area contributed by atoms with E-state index in [9.17, 15) is 0 Å². The maximum Gasteiger partial charge on any atom is 0.109 e. The van der Waals surface area contributed by atoms with Gasteiger partial charge in [0.1, 0.15) is 5.82 Å². The summed E-state index contributed by atoms with van der Waals surface area (Å²) in [5, 5.41) is 0. The zero-order valence-electron chi connectivity index (χ0n) is 12.5. The van der Waals surface area contributed by atoms with Gasteiger partial charge in [-0.05, 0) is 43.4 Å². The van der Waals surface area contributed by atoms with Crippen molar-refractivity contribution in [3.05, 3.63) is 29.6 Å². The summed E-state index contributed by atoms with van der Waals surface area (Å²) in [7, 11) is 2.11. The normalized spacial score (nSPS) is 13.4. The molecule has 0 amide bonds. The summed E-state index contributed by atoms with van der Waals surface area (Å²) in [6.45, 7) is 7.38. The fourth-order valence-electron chi connectivity index (χ4n) is 2.88. The van der Waals surface area contributed by atoms with Gasteiger partial charge in [0.15, 0.2) is 0 Å². The molecule has 104 valence electrons. The Bertz CT molecular complexity index is 554.